The van der Waals surface area contributed by atoms with Crippen LogP contribution in [0.25, 0.3) is 0 Å². The molecule has 15 heavy (non-hydrogen) atoms. The Labute approximate surface area is 87.7 Å². The van der Waals surface area contributed by atoms with E-state index in [1.165, 1.54) is 13.0 Å². The van der Waals surface area contributed by atoms with Gasteiger partial charge in [0, 0.05) is 11.5 Å². The second kappa shape index (κ2) is 5.73. The van der Waals surface area contributed by atoms with Crippen molar-refractivity contribution in [2.75, 3.05) is 0 Å². The van der Waals surface area contributed by atoms with E-state index < -0.39 is 11.7 Å². The fraction of sp³-hybridized carbons (Fsp3) is 0.545. The molecule has 0 aliphatic rings. The summed E-state index contributed by atoms with van der Waals surface area (Å²) < 4.78 is 37.1. The second-order valence-electron chi connectivity index (χ2n) is 3.47. The van der Waals surface area contributed by atoms with Crippen LogP contribution in [0.2, 0.25) is 0 Å². The highest BCUT2D eigenvalue weighted by Gasteiger charge is 2.32. The molecule has 0 saturated carbocycles. The number of ketones is 1. The predicted molar refractivity (Wildman–Crippen MR) is 53.4 cm³/mol. The van der Waals surface area contributed by atoms with Gasteiger partial charge in [0.25, 0.3) is 0 Å². The molecule has 0 N–H and O–H groups in total. The largest absolute Gasteiger partial charge is 0.412 e. The van der Waals surface area contributed by atoms with Gasteiger partial charge in [0.05, 0.1) is 0 Å². The topological polar surface area (TPSA) is 17.1 Å². The van der Waals surface area contributed by atoms with Gasteiger partial charge in [-0.1, -0.05) is 19.1 Å². The molecule has 1 unspecified atom stereocenters. The summed E-state index contributed by atoms with van der Waals surface area (Å²) in [7, 11) is 0. The number of hydrogen-bond acceptors (Lipinski definition) is 1. The molecule has 0 aromatic carbocycles. The highest BCUT2D eigenvalue weighted by Crippen LogP contribution is 2.29. The summed E-state index contributed by atoms with van der Waals surface area (Å²) in [5, 5.41) is 0. The van der Waals surface area contributed by atoms with Crippen molar-refractivity contribution in [3.05, 3.63) is 24.3 Å². The fourth-order valence-corrected chi connectivity index (χ4v) is 0.955. The van der Waals surface area contributed by atoms with Crippen LogP contribution in [0.4, 0.5) is 13.2 Å². The minimum absolute atomic E-state index is 0.105. The van der Waals surface area contributed by atoms with E-state index >= 15 is 0 Å². The molecule has 0 aliphatic heterocycles. The SMILES string of the molecule is C=CC/C(=C/CC(C)C(C)=O)C(F)(F)F. The maximum atomic E-state index is 12.4. The van der Waals surface area contributed by atoms with Gasteiger partial charge >= 0.3 is 6.18 Å². The molecule has 0 radical (unpaired) electrons. The summed E-state index contributed by atoms with van der Waals surface area (Å²) in [6, 6.07) is 0. The molecule has 4 heteroatoms. The molecule has 1 atom stereocenters. The molecule has 0 aliphatic carbocycles. The normalized spacial score (nSPS) is 14.9. The van der Waals surface area contributed by atoms with Crippen LogP contribution in [0, 0.1) is 5.92 Å². The Morgan fingerprint density at radius 2 is 2.00 bits per heavy atom. The van der Waals surface area contributed by atoms with Crippen LogP contribution < -0.4 is 0 Å². The highest BCUT2D eigenvalue weighted by molar-refractivity contribution is 5.78. The number of Topliss-reactive ketones (excluding diaryl/α,β-unsaturated/α-hetero) is 1. The Hall–Kier alpha value is -1.06. The van der Waals surface area contributed by atoms with Crippen LogP contribution in [0.15, 0.2) is 24.3 Å². The Kier molecular flexibility index (Phi) is 5.33. The van der Waals surface area contributed by atoms with Crippen molar-refractivity contribution in [2.24, 2.45) is 5.92 Å². The number of carbonyl (C=O) groups excluding carboxylic acids is 1. The van der Waals surface area contributed by atoms with Gasteiger partial charge in [-0.2, -0.15) is 13.2 Å². The van der Waals surface area contributed by atoms with E-state index in [1.54, 1.807) is 6.92 Å². The van der Waals surface area contributed by atoms with Gasteiger partial charge in [0.15, 0.2) is 0 Å². The summed E-state index contributed by atoms with van der Waals surface area (Å²) >= 11 is 0. The predicted octanol–water partition coefficient (Wildman–Crippen LogP) is 3.67. The first-order valence-electron chi connectivity index (χ1n) is 4.66. The Bertz CT molecular complexity index is 263. The first kappa shape index (κ1) is 13.9. The molecule has 86 valence electrons. The summed E-state index contributed by atoms with van der Waals surface area (Å²) in [6.45, 7) is 6.25. The van der Waals surface area contributed by atoms with Crippen molar-refractivity contribution in [1.82, 2.24) is 0 Å². The third-order valence-corrected chi connectivity index (χ3v) is 2.14. The molecular formula is C11H15F3O. The zero-order valence-electron chi connectivity index (χ0n) is 8.90. The van der Waals surface area contributed by atoms with Gasteiger partial charge in [0.1, 0.15) is 5.78 Å². The minimum atomic E-state index is -4.33. The van der Waals surface area contributed by atoms with E-state index in [9.17, 15) is 18.0 Å². The Morgan fingerprint density at radius 3 is 2.33 bits per heavy atom. The van der Waals surface area contributed by atoms with Crippen molar-refractivity contribution in [2.45, 2.75) is 32.9 Å². The number of halogens is 3. The van der Waals surface area contributed by atoms with Crippen LogP contribution >= 0.6 is 0 Å². The summed E-state index contributed by atoms with van der Waals surface area (Å²) in [5.41, 5.74) is -0.634. The summed E-state index contributed by atoms with van der Waals surface area (Å²) in [6.07, 6.45) is -2.14. The van der Waals surface area contributed by atoms with Crippen molar-refractivity contribution in [1.29, 1.82) is 0 Å². The summed E-state index contributed by atoms with van der Waals surface area (Å²) in [5.74, 6) is -0.474. The van der Waals surface area contributed by atoms with Gasteiger partial charge in [-0.3, -0.25) is 4.79 Å². The van der Waals surface area contributed by atoms with Crippen molar-refractivity contribution >= 4 is 5.78 Å². The van der Waals surface area contributed by atoms with E-state index in [-0.39, 0.29) is 24.5 Å². The van der Waals surface area contributed by atoms with Gasteiger partial charge in [-0.15, -0.1) is 6.58 Å². The lowest BCUT2D eigenvalue weighted by molar-refractivity contribution is -0.120. The smallest absolute Gasteiger partial charge is 0.300 e. The average molecular weight is 220 g/mol. The molecule has 0 heterocycles. The lowest BCUT2D eigenvalue weighted by Crippen LogP contribution is -2.13. The van der Waals surface area contributed by atoms with Crippen LogP contribution in [0.3, 0.4) is 0 Å². The Balaban J connectivity index is 4.56. The number of alkyl halides is 3. The highest BCUT2D eigenvalue weighted by atomic mass is 19.4. The molecule has 0 fully saturated rings. The zero-order chi connectivity index (χ0) is 12.1. The zero-order valence-corrected chi connectivity index (χ0v) is 8.90. The molecule has 0 aromatic rings. The maximum absolute atomic E-state index is 12.4. The van der Waals surface area contributed by atoms with Gasteiger partial charge < -0.3 is 0 Å². The molecule has 1 nitrogen and oxygen atoms in total. The monoisotopic (exact) mass is 220 g/mol. The lowest BCUT2D eigenvalue weighted by Gasteiger charge is -2.11. The number of carbonyl (C=O) groups is 1. The Morgan fingerprint density at radius 1 is 1.47 bits per heavy atom. The summed E-state index contributed by atoms with van der Waals surface area (Å²) in [4.78, 5) is 10.8. The number of rotatable bonds is 5. The fourth-order valence-electron chi connectivity index (χ4n) is 0.955. The first-order chi connectivity index (χ1) is 6.79. The van der Waals surface area contributed by atoms with Crippen LogP contribution in [0.5, 0.6) is 0 Å². The molecule has 0 spiro atoms. The first-order valence-corrected chi connectivity index (χ1v) is 4.66. The van der Waals surface area contributed by atoms with Crippen LogP contribution in [-0.2, 0) is 4.79 Å². The van der Waals surface area contributed by atoms with Gasteiger partial charge in [-0.05, 0) is 19.8 Å². The third kappa shape index (κ3) is 5.40. The van der Waals surface area contributed by atoms with Crippen LogP contribution in [-0.4, -0.2) is 12.0 Å². The number of hydrogen-bond donors (Lipinski definition) is 0. The quantitative estimate of drug-likeness (QED) is 0.646. The second-order valence-corrected chi connectivity index (χ2v) is 3.47. The van der Waals surface area contributed by atoms with E-state index in [1.807, 2.05) is 0 Å². The maximum Gasteiger partial charge on any atom is 0.412 e. The van der Waals surface area contributed by atoms with Crippen LogP contribution in [0.1, 0.15) is 26.7 Å². The number of allylic oxidation sites excluding steroid dienone is 3. The van der Waals surface area contributed by atoms with Crippen molar-refractivity contribution in [3.63, 3.8) is 0 Å². The minimum Gasteiger partial charge on any atom is -0.300 e. The average Bonchev–Trinajstić information content (AvgIpc) is 2.09. The van der Waals surface area contributed by atoms with Crippen molar-refractivity contribution in [3.8, 4) is 0 Å². The van der Waals surface area contributed by atoms with Crippen molar-refractivity contribution < 1.29 is 18.0 Å². The lowest BCUT2D eigenvalue weighted by atomic mass is 10.0. The van der Waals surface area contributed by atoms with E-state index in [0.29, 0.717) is 0 Å². The standard InChI is InChI=1S/C11H15F3O/c1-4-5-10(11(12,13)14)7-6-8(2)9(3)15/h4,7-8H,1,5-6H2,2-3H3/b10-7-. The molecule has 0 rings (SSSR count). The van der Waals surface area contributed by atoms with Gasteiger partial charge in [0.2, 0.25) is 0 Å². The molecule has 0 bridgehead atoms. The molecular weight excluding hydrogens is 205 g/mol. The molecule has 0 saturated heterocycles. The molecule has 0 amide bonds. The van der Waals surface area contributed by atoms with E-state index in [2.05, 4.69) is 6.58 Å². The molecule has 0 aromatic heterocycles. The van der Waals surface area contributed by atoms with Gasteiger partial charge in [-0.25, -0.2) is 0 Å². The van der Waals surface area contributed by atoms with E-state index in [0.717, 1.165) is 6.08 Å². The third-order valence-electron chi connectivity index (χ3n) is 2.14. The van der Waals surface area contributed by atoms with E-state index in [4.69, 9.17) is 0 Å².